The lowest BCUT2D eigenvalue weighted by atomic mass is 10.4. The normalized spacial score (nSPS) is 11.9. The first-order valence-corrected chi connectivity index (χ1v) is 2.38. The Morgan fingerprint density at radius 1 is 1.50 bits per heavy atom. The fraction of sp³-hybridized carbons (Fsp3) is 0.250. The van der Waals surface area contributed by atoms with E-state index in [9.17, 15) is 13.2 Å². The number of aromatic nitrogens is 2. The molecule has 0 spiro atoms. The molecular weight excluding hydrogens is 147 g/mol. The Hall–Kier alpha value is -1.20. The molecule has 0 aliphatic rings. The summed E-state index contributed by atoms with van der Waals surface area (Å²) < 4.78 is 35.2. The standard InChI is InChI=1S/C4H4F3N3/c5-4(6,7)2-3(8)10-1-9-2/h1H,8H2,(H,9,10). The number of hydrogen-bond acceptors (Lipinski definition) is 2. The highest BCUT2D eigenvalue weighted by molar-refractivity contribution is 5.35. The maximum absolute atomic E-state index is 11.7. The number of anilines is 1. The smallest absolute Gasteiger partial charge is 0.382 e. The third-order valence-corrected chi connectivity index (χ3v) is 0.952. The lowest BCUT2D eigenvalue weighted by Gasteiger charge is -2.01. The van der Waals surface area contributed by atoms with Gasteiger partial charge in [0.15, 0.2) is 11.5 Å². The van der Waals surface area contributed by atoms with E-state index in [1.54, 1.807) is 0 Å². The topological polar surface area (TPSA) is 54.7 Å². The molecule has 1 rings (SSSR count). The Morgan fingerprint density at radius 3 is 2.30 bits per heavy atom. The molecule has 3 nitrogen and oxygen atoms in total. The fourth-order valence-electron chi connectivity index (χ4n) is 0.532. The lowest BCUT2D eigenvalue weighted by molar-refractivity contribution is -0.140. The molecule has 0 aliphatic heterocycles. The summed E-state index contributed by atoms with van der Waals surface area (Å²) in [5.41, 5.74) is 3.87. The molecule has 0 saturated carbocycles. The van der Waals surface area contributed by atoms with Gasteiger partial charge in [0.2, 0.25) is 0 Å². The van der Waals surface area contributed by atoms with E-state index in [1.165, 1.54) is 0 Å². The lowest BCUT2D eigenvalue weighted by Crippen LogP contribution is -2.08. The van der Waals surface area contributed by atoms with Crippen LogP contribution in [-0.4, -0.2) is 9.97 Å². The number of imidazole rings is 1. The second-order valence-electron chi connectivity index (χ2n) is 1.66. The quantitative estimate of drug-likeness (QED) is 0.581. The van der Waals surface area contributed by atoms with Crippen molar-refractivity contribution in [2.45, 2.75) is 6.18 Å². The van der Waals surface area contributed by atoms with Crippen molar-refractivity contribution in [2.75, 3.05) is 5.73 Å². The predicted octanol–water partition coefficient (Wildman–Crippen LogP) is 1.01. The Morgan fingerprint density at radius 2 is 2.10 bits per heavy atom. The summed E-state index contributed by atoms with van der Waals surface area (Å²) in [5, 5.41) is 0. The molecular formula is C4H4F3N3. The van der Waals surface area contributed by atoms with Crippen LogP contribution < -0.4 is 5.73 Å². The molecule has 1 heterocycles. The van der Waals surface area contributed by atoms with Gasteiger partial charge in [-0.1, -0.05) is 0 Å². The Bertz CT molecular complexity index is 226. The van der Waals surface area contributed by atoms with E-state index in [-0.39, 0.29) is 0 Å². The Kier molecular flexibility index (Phi) is 1.31. The predicted molar refractivity (Wildman–Crippen MR) is 28.0 cm³/mol. The second kappa shape index (κ2) is 1.89. The third kappa shape index (κ3) is 1.04. The van der Waals surface area contributed by atoms with Crippen LogP contribution in [0, 0.1) is 0 Å². The maximum Gasteiger partial charge on any atom is 0.434 e. The molecule has 0 aromatic carbocycles. The van der Waals surface area contributed by atoms with Crippen molar-refractivity contribution >= 4 is 5.82 Å². The van der Waals surface area contributed by atoms with E-state index >= 15 is 0 Å². The zero-order valence-electron chi connectivity index (χ0n) is 4.74. The number of nitrogens with two attached hydrogens (primary N) is 1. The van der Waals surface area contributed by atoms with Crippen LogP contribution in [0.2, 0.25) is 0 Å². The first-order chi connectivity index (χ1) is 4.52. The van der Waals surface area contributed by atoms with Crippen LogP contribution in [0.5, 0.6) is 0 Å². The highest BCUT2D eigenvalue weighted by Gasteiger charge is 2.34. The first-order valence-electron chi connectivity index (χ1n) is 2.38. The van der Waals surface area contributed by atoms with Gasteiger partial charge < -0.3 is 10.7 Å². The number of nitrogens with one attached hydrogen (secondary N) is 1. The van der Waals surface area contributed by atoms with Gasteiger partial charge in [0.05, 0.1) is 6.33 Å². The summed E-state index contributed by atoms with van der Waals surface area (Å²) in [7, 11) is 0. The van der Waals surface area contributed by atoms with E-state index in [2.05, 4.69) is 4.98 Å². The highest BCUT2D eigenvalue weighted by atomic mass is 19.4. The van der Waals surface area contributed by atoms with Crippen molar-refractivity contribution in [2.24, 2.45) is 0 Å². The number of H-pyrrole nitrogens is 1. The zero-order chi connectivity index (χ0) is 7.78. The largest absolute Gasteiger partial charge is 0.434 e. The van der Waals surface area contributed by atoms with Gasteiger partial charge >= 0.3 is 6.18 Å². The Balaban J connectivity index is 3.05. The van der Waals surface area contributed by atoms with Gasteiger partial charge in [-0.25, -0.2) is 4.98 Å². The maximum atomic E-state index is 11.7. The van der Waals surface area contributed by atoms with Gasteiger partial charge in [0.1, 0.15) is 0 Å². The average Bonchev–Trinajstić information content (AvgIpc) is 2.11. The van der Waals surface area contributed by atoms with Crippen molar-refractivity contribution in [3.8, 4) is 0 Å². The van der Waals surface area contributed by atoms with E-state index < -0.39 is 17.7 Å². The molecule has 0 bridgehead atoms. The van der Waals surface area contributed by atoms with Crippen LogP contribution in [0.3, 0.4) is 0 Å². The number of nitrogens with zero attached hydrogens (tertiary/aromatic N) is 1. The molecule has 0 aliphatic carbocycles. The number of hydrogen-bond donors (Lipinski definition) is 2. The molecule has 0 amide bonds. The van der Waals surface area contributed by atoms with E-state index in [0.717, 1.165) is 6.33 Å². The van der Waals surface area contributed by atoms with Gasteiger partial charge in [-0.3, -0.25) is 0 Å². The summed E-state index contributed by atoms with van der Waals surface area (Å²) in [6, 6.07) is 0. The minimum atomic E-state index is -4.43. The first kappa shape index (κ1) is 6.91. The number of alkyl halides is 3. The van der Waals surface area contributed by atoms with Crippen LogP contribution in [-0.2, 0) is 6.18 Å². The van der Waals surface area contributed by atoms with Crippen LogP contribution >= 0.6 is 0 Å². The van der Waals surface area contributed by atoms with Crippen molar-refractivity contribution < 1.29 is 13.2 Å². The van der Waals surface area contributed by atoms with Crippen LogP contribution in [0.1, 0.15) is 5.69 Å². The van der Waals surface area contributed by atoms with Gasteiger partial charge in [-0.15, -0.1) is 0 Å². The highest BCUT2D eigenvalue weighted by Crippen LogP contribution is 2.30. The third-order valence-electron chi connectivity index (χ3n) is 0.952. The number of halogens is 3. The van der Waals surface area contributed by atoms with Crippen LogP contribution in [0.25, 0.3) is 0 Å². The molecule has 0 fully saturated rings. The number of rotatable bonds is 0. The minimum absolute atomic E-state index is 0.521. The molecule has 1 aromatic rings. The molecule has 3 N–H and O–H groups in total. The van der Waals surface area contributed by atoms with Crippen LogP contribution in [0.15, 0.2) is 6.33 Å². The summed E-state index contributed by atoms with van der Waals surface area (Å²) in [6.07, 6.45) is -3.53. The van der Waals surface area contributed by atoms with Crippen LogP contribution in [0.4, 0.5) is 19.0 Å². The molecule has 0 unspecified atom stereocenters. The van der Waals surface area contributed by atoms with E-state index in [4.69, 9.17) is 5.73 Å². The second-order valence-corrected chi connectivity index (χ2v) is 1.66. The summed E-state index contributed by atoms with van der Waals surface area (Å²) in [6.45, 7) is 0. The number of aromatic amines is 1. The van der Waals surface area contributed by atoms with Crippen molar-refractivity contribution in [3.63, 3.8) is 0 Å². The van der Waals surface area contributed by atoms with E-state index in [1.807, 2.05) is 4.98 Å². The Labute approximate surface area is 54.1 Å². The fourth-order valence-corrected chi connectivity index (χ4v) is 0.532. The zero-order valence-corrected chi connectivity index (χ0v) is 4.74. The molecule has 0 saturated heterocycles. The van der Waals surface area contributed by atoms with Crippen molar-refractivity contribution in [1.29, 1.82) is 0 Å². The van der Waals surface area contributed by atoms with E-state index in [0.29, 0.717) is 0 Å². The summed E-state index contributed by atoms with van der Waals surface area (Å²) in [5.74, 6) is -0.521. The monoisotopic (exact) mass is 151 g/mol. The van der Waals surface area contributed by atoms with Crippen molar-refractivity contribution in [3.05, 3.63) is 12.0 Å². The molecule has 6 heteroatoms. The number of nitrogen functional groups attached to an aromatic ring is 1. The van der Waals surface area contributed by atoms with Gasteiger partial charge in [-0.05, 0) is 0 Å². The molecule has 1 aromatic heterocycles. The minimum Gasteiger partial charge on any atom is -0.382 e. The van der Waals surface area contributed by atoms with Gasteiger partial charge in [0.25, 0.3) is 0 Å². The SMILES string of the molecule is Nc1nc[nH]c1C(F)(F)F. The molecule has 0 atom stereocenters. The summed E-state index contributed by atoms with van der Waals surface area (Å²) >= 11 is 0. The van der Waals surface area contributed by atoms with Gasteiger partial charge in [-0.2, -0.15) is 13.2 Å². The summed E-state index contributed by atoms with van der Waals surface area (Å²) in [4.78, 5) is 5.07. The average molecular weight is 151 g/mol. The van der Waals surface area contributed by atoms with Crippen molar-refractivity contribution in [1.82, 2.24) is 9.97 Å². The van der Waals surface area contributed by atoms with Gasteiger partial charge in [0, 0.05) is 0 Å². The molecule has 0 radical (unpaired) electrons. The molecule has 10 heavy (non-hydrogen) atoms. The molecule has 56 valence electrons.